The van der Waals surface area contributed by atoms with Crippen LogP contribution >= 0.6 is 11.3 Å². The van der Waals surface area contributed by atoms with Crippen molar-refractivity contribution in [1.29, 1.82) is 0 Å². The number of aromatic nitrogens is 1. The molecule has 1 aromatic heterocycles. The number of nitrogens with zero attached hydrogens (tertiary/aromatic N) is 4. The molecule has 3 heterocycles. The topological polar surface area (TPSA) is 71.9 Å². The lowest BCUT2D eigenvalue weighted by Gasteiger charge is -2.36. The molecule has 4 aromatic rings. The Morgan fingerprint density at radius 3 is 2.38 bits per heavy atom. The maximum absolute atomic E-state index is 14.3. The first-order valence-corrected chi connectivity index (χ1v) is 18.1. The van der Waals surface area contributed by atoms with Crippen LogP contribution in [-0.4, -0.2) is 58.5 Å². The van der Waals surface area contributed by atoms with Gasteiger partial charge in [0.2, 0.25) is 5.91 Å². The summed E-state index contributed by atoms with van der Waals surface area (Å²) in [6, 6.07) is 18.1. The largest absolute Gasteiger partial charge is 0.508 e. The van der Waals surface area contributed by atoms with E-state index in [0.29, 0.717) is 23.6 Å². The number of piperazine rings is 1. The van der Waals surface area contributed by atoms with Gasteiger partial charge in [-0.05, 0) is 83.5 Å². The number of benzene rings is 3. The summed E-state index contributed by atoms with van der Waals surface area (Å²) >= 11 is 1.31. The van der Waals surface area contributed by atoms with Crippen molar-refractivity contribution >= 4 is 28.1 Å². The number of anilines is 2. The Morgan fingerprint density at radius 1 is 0.917 bits per heavy atom. The van der Waals surface area contributed by atoms with Crippen LogP contribution in [0.2, 0.25) is 0 Å². The Balaban J connectivity index is 1.06. The number of thiazole rings is 1. The lowest BCUT2D eigenvalue weighted by Crippen LogP contribution is -2.46. The third kappa shape index (κ3) is 8.62. The molecule has 0 saturated carbocycles. The van der Waals surface area contributed by atoms with Crippen LogP contribution in [0, 0.1) is 11.2 Å². The number of phenols is 1. The molecule has 48 heavy (non-hydrogen) atoms. The molecule has 1 atom stereocenters. The molecule has 3 aromatic carbocycles. The monoisotopic (exact) mass is 669 g/mol. The van der Waals surface area contributed by atoms with Crippen LogP contribution in [0.15, 0.2) is 72.2 Å². The van der Waals surface area contributed by atoms with Gasteiger partial charge in [0.1, 0.15) is 17.6 Å². The normalized spacial score (nSPS) is 16.2. The highest BCUT2D eigenvalue weighted by Gasteiger charge is 2.34. The van der Waals surface area contributed by atoms with Gasteiger partial charge in [0.25, 0.3) is 0 Å². The lowest BCUT2D eigenvalue weighted by molar-refractivity contribution is -0.121. The fourth-order valence-corrected chi connectivity index (χ4v) is 7.46. The Kier molecular flexibility index (Phi) is 10.8. The van der Waals surface area contributed by atoms with Gasteiger partial charge in [0, 0.05) is 62.1 Å². The van der Waals surface area contributed by atoms with Crippen LogP contribution in [0.4, 0.5) is 15.2 Å². The quantitative estimate of drug-likeness (QED) is 0.148. The Hall–Kier alpha value is -3.79. The molecule has 1 amide bonds. The van der Waals surface area contributed by atoms with Crippen molar-refractivity contribution in [3.63, 3.8) is 0 Å². The van der Waals surface area contributed by atoms with Gasteiger partial charge < -0.3 is 15.3 Å². The van der Waals surface area contributed by atoms with Gasteiger partial charge in [-0.15, -0.1) is 11.3 Å². The molecule has 0 spiro atoms. The molecule has 2 aliphatic heterocycles. The molecule has 1 saturated heterocycles. The van der Waals surface area contributed by atoms with E-state index < -0.39 is 11.9 Å². The van der Waals surface area contributed by atoms with Gasteiger partial charge >= 0.3 is 0 Å². The predicted octanol–water partition coefficient (Wildman–Crippen LogP) is 8.47. The number of carbonyl (C=O) groups excluding carboxylic acids is 1. The number of amides is 1. The summed E-state index contributed by atoms with van der Waals surface area (Å²) in [6.45, 7) is 13.5. The second-order valence-electron chi connectivity index (χ2n) is 14.4. The molecular weight excluding hydrogens is 622 g/mol. The number of aromatic hydroxyl groups is 1. The number of nitrogens with one attached hydrogen (secondary N) is 1. The standard InChI is InChI=1S/C39H48FN5O2S/c1-39(2,3)16-6-4-5-7-18-43-19-21-44(22-20-43)33-13-10-28(11-14-33)29-8-9-30-26-45(27-31(30)24-29)36(34-25-32(40)12-15-35(34)46)37(47)42-38-41-17-23-48-38/h8-15,17,23-25,36,46H,4-7,16,18-22,26-27H2,1-3H3,(H,41,42,47). The molecule has 0 radical (unpaired) electrons. The summed E-state index contributed by atoms with van der Waals surface area (Å²) in [6.07, 6.45) is 8.25. The van der Waals surface area contributed by atoms with Gasteiger partial charge in [-0.25, -0.2) is 9.37 Å². The van der Waals surface area contributed by atoms with Crippen LogP contribution in [0.25, 0.3) is 11.1 Å². The summed E-state index contributed by atoms with van der Waals surface area (Å²) in [5, 5.41) is 15.8. The van der Waals surface area contributed by atoms with Gasteiger partial charge in [-0.2, -0.15) is 0 Å². The Morgan fingerprint density at radius 2 is 1.65 bits per heavy atom. The minimum absolute atomic E-state index is 0.115. The van der Waals surface area contributed by atoms with Crippen LogP contribution in [-0.2, 0) is 17.9 Å². The number of hydrogen-bond acceptors (Lipinski definition) is 7. The van der Waals surface area contributed by atoms with Crippen molar-refractivity contribution in [2.24, 2.45) is 5.41 Å². The molecule has 6 rings (SSSR count). The van der Waals surface area contributed by atoms with Crippen LogP contribution in [0.5, 0.6) is 5.75 Å². The van der Waals surface area contributed by atoms with E-state index in [-0.39, 0.29) is 17.2 Å². The smallest absolute Gasteiger partial charge is 0.248 e. The third-order valence-electron chi connectivity index (χ3n) is 9.60. The maximum atomic E-state index is 14.3. The molecule has 2 N–H and O–H groups in total. The minimum Gasteiger partial charge on any atom is -0.508 e. The highest BCUT2D eigenvalue weighted by Crippen LogP contribution is 2.38. The fourth-order valence-electron chi connectivity index (χ4n) is 6.93. The Labute approximate surface area is 288 Å². The van der Waals surface area contributed by atoms with E-state index in [1.165, 1.54) is 73.9 Å². The molecule has 0 aliphatic carbocycles. The summed E-state index contributed by atoms with van der Waals surface area (Å²) in [7, 11) is 0. The van der Waals surface area contributed by atoms with E-state index >= 15 is 0 Å². The zero-order valence-electron chi connectivity index (χ0n) is 28.4. The van der Waals surface area contributed by atoms with Crippen LogP contribution in [0.1, 0.15) is 75.6 Å². The molecule has 0 bridgehead atoms. The van der Waals surface area contributed by atoms with Gasteiger partial charge in [0.05, 0.1) is 0 Å². The number of unbranched alkanes of at least 4 members (excludes halogenated alkanes) is 3. The van der Waals surface area contributed by atoms with Crippen LogP contribution < -0.4 is 10.2 Å². The molecule has 7 nitrogen and oxygen atoms in total. The average Bonchev–Trinajstić information content (AvgIpc) is 3.74. The lowest BCUT2D eigenvalue weighted by atomic mass is 9.89. The second kappa shape index (κ2) is 15.2. The van der Waals surface area contributed by atoms with Crippen LogP contribution in [0.3, 0.4) is 0 Å². The van der Waals surface area contributed by atoms with E-state index in [1.54, 1.807) is 11.6 Å². The summed E-state index contributed by atoms with van der Waals surface area (Å²) < 4.78 is 14.3. The molecule has 9 heteroatoms. The molecule has 1 unspecified atom stereocenters. The van der Waals surface area contributed by atoms with Crippen molar-refractivity contribution in [2.45, 2.75) is 72.0 Å². The minimum atomic E-state index is -0.890. The van der Waals surface area contributed by atoms with Crippen molar-refractivity contribution in [2.75, 3.05) is 42.9 Å². The summed E-state index contributed by atoms with van der Waals surface area (Å²) in [5.41, 5.74) is 6.43. The molecule has 254 valence electrons. The van der Waals surface area contributed by atoms with Crippen molar-refractivity contribution in [3.8, 4) is 16.9 Å². The first-order valence-electron chi connectivity index (χ1n) is 17.3. The molecule has 2 aliphatic rings. The van der Waals surface area contributed by atoms with E-state index in [4.69, 9.17) is 0 Å². The highest BCUT2D eigenvalue weighted by atomic mass is 32.1. The van der Waals surface area contributed by atoms with E-state index in [2.05, 4.69) is 83.3 Å². The van der Waals surface area contributed by atoms with Gasteiger partial charge in [-0.3, -0.25) is 14.6 Å². The second-order valence-corrected chi connectivity index (χ2v) is 15.3. The third-order valence-corrected chi connectivity index (χ3v) is 10.3. The van der Waals surface area contributed by atoms with Crippen molar-refractivity contribution in [3.05, 3.63) is 94.7 Å². The SMILES string of the molecule is CC(C)(C)CCCCCCN1CCN(c2ccc(-c3ccc4c(c3)CN(C(C(=O)Nc3nccs3)c3cc(F)ccc3O)C4)cc2)CC1. The highest BCUT2D eigenvalue weighted by molar-refractivity contribution is 7.13. The van der Waals surface area contributed by atoms with Gasteiger partial charge in [-0.1, -0.05) is 64.3 Å². The number of hydrogen-bond donors (Lipinski definition) is 2. The molecule has 1 fully saturated rings. The van der Waals surface area contributed by atoms with Crippen molar-refractivity contribution in [1.82, 2.24) is 14.8 Å². The zero-order chi connectivity index (χ0) is 33.7. The van der Waals surface area contributed by atoms with E-state index in [0.717, 1.165) is 48.4 Å². The summed E-state index contributed by atoms with van der Waals surface area (Å²) in [4.78, 5) is 24.8. The first kappa shape index (κ1) is 34.1. The predicted molar refractivity (Wildman–Crippen MR) is 194 cm³/mol. The number of carbonyl (C=O) groups is 1. The van der Waals surface area contributed by atoms with Crippen molar-refractivity contribution < 1.29 is 14.3 Å². The Bertz CT molecular complexity index is 1660. The average molecular weight is 670 g/mol. The number of halogens is 1. The van der Waals surface area contributed by atoms with E-state index in [1.807, 2.05) is 4.90 Å². The number of fused-ring (bicyclic) bond motifs is 1. The van der Waals surface area contributed by atoms with E-state index in [9.17, 15) is 14.3 Å². The first-order chi connectivity index (χ1) is 23.1. The number of phenolic OH excluding ortho intramolecular Hbond substituents is 1. The number of rotatable bonds is 12. The maximum Gasteiger partial charge on any atom is 0.248 e. The summed E-state index contributed by atoms with van der Waals surface area (Å²) in [5.74, 6) is -0.977. The molecular formula is C39H48FN5O2S. The fraction of sp³-hybridized carbons (Fsp3) is 0.436. The van der Waals surface area contributed by atoms with Gasteiger partial charge in [0.15, 0.2) is 5.13 Å². The zero-order valence-corrected chi connectivity index (χ0v) is 29.2.